The number of likely N-dealkylation sites (tertiary alicyclic amines) is 1. The van der Waals surface area contributed by atoms with Gasteiger partial charge in [0.1, 0.15) is 0 Å². The Morgan fingerprint density at radius 3 is 2.07 bits per heavy atom. The van der Waals surface area contributed by atoms with Crippen LogP contribution in [-0.4, -0.2) is 48.3 Å². The number of piperidine rings is 1. The largest absolute Gasteiger partial charge is 0.455 e. The molecule has 1 fully saturated rings. The Hall–Kier alpha value is -3.48. The van der Waals surface area contributed by atoms with Gasteiger partial charge in [-0.05, 0) is 30.5 Å². The minimum Gasteiger partial charge on any atom is -0.455 e. The molecule has 156 valence electrons. The summed E-state index contributed by atoms with van der Waals surface area (Å²) in [5.41, 5.74) is 0.199. The van der Waals surface area contributed by atoms with E-state index in [0.29, 0.717) is 31.5 Å². The van der Waals surface area contributed by atoms with E-state index in [2.05, 4.69) is 5.32 Å². The van der Waals surface area contributed by atoms with Crippen molar-refractivity contribution in [3.8, 4) is 0 Å². The maximum atomic E-state index is 13.1. The lowest BCUT2D eigenvalue weighted by atomic mass is 9.72. The highest BCUT2D eigenvalue weighted by Crippen LogP contribution is 2.37. The van der Waals surface area contributed by atoms with Crippen LogP contribution in [0.25, 0.3) is 0 Å². The van der Waals surface area contributed by atoms with Gasteiger partial charge in [0, 0.05) is 25.6 Å². The van der Waals surface area contributed by atoms with Gasteiger partial charge in [0.15, 0.2) is 6.61 Å². The first kappa shape index (κ1) is 21.2. The number of hydrogen-bond donors (Lipinski definition) is 1. The predicted molar refractivity (Wildman–Crippen MR) is 109 cm³/mol. The molecule has 3 rings (SSSR count). The first-order valence-corrected chi connectivity index (χ1v) is 9.80. The Kier molecular flexibility index (Phi) is 6.61. The highest BCUT2D eigenvalue weighted by molar-refractivity contribution is 6.05. The molecule has 0 aromatic heterocycles. The zero-order valence-corrected chi connectivity index (χ0v) is 16.8. The number of amides is 3. The molecule has 2 aromatic carbocycles. The minimum absolute atomic E-state index is 0.0381. The van der Waals surface area contributed by atoms with Gasteiger partial charge >= 0.3 is 5.97 Å². The van der Waals surface area contributed by atoms with Gasteiger partial charge in [-0.25, -0.2) is 0 Å². The van der Waals surface area contributed by atoms with E-state index in [9.17, 15) is 19.2 Å². The number of benzene rings is 2. The van der Waals surface area contributed by atoms with Gasteiger partial charge in [-0.15, -0.1) is 0 Å². The third-order valence-electron chi connectivity index (χ3n) is 5.40. The molecule has 3 amide bonds. The quantitative estimate of drug-likeness (QED) is 0.765. The lowest BCUT2D eigenvalue weighted by Gasteiger charge is -2.40. The first-order chi connectivity index (χ1) is 14.4. The second-order valence-electron chi connectivity index (χ2n) is 7.27. The molecule has 1 N–H and O–H groups in total. The summed E-state index contributed by atoms with van der Waals surface area (Å²) in [5, 5.41) is 2.22. The number of nitrogens with zero attached hydrogens (tertiary/aromatic N) is 1. The lowest BCUT2D eigenvalue weighted by Crippen LogP contribution is -2.49. The van der Waals surface area contributed by atoms with Gasteiger partial charge < -0.3 is 9.64 Å². The number of rotatable bonds is 5. The van der Waals surface area contributed by atoms with Crippen LogP contribution >= 0.6 is 0 Å². The van der Waals surface area contributed by atoms with E-state index in [-0.39, 0.29) is 5.91 Å². The standard InChI is InChI=1S/C23H24N2O5/c1-17(26)25-14-12-23(13-15-25,19-10-6-3-7-11-19)22(29)30-16-20(27)24-21(28)18-8-4-2-5-9-18/h2-11H,12-16H2,1H3,(H,24,27,28). The number of hydrogen-bond acceptors (Lipinski definition) is 5. The Bertz CT molecular complexity index is 919. The fourth-order valence-corrected chi connectivity index (χ4v) is 3.66. The van der Waals surface area contributed by atoms with Crippen molar-refractivity contribution in [2.75, 3.05) is 19.7 Å². The van der Waals surface area contributed by atoms with Crippen molar-refractivity contribution in [1.29, 1.82) is 0 Å². The zero-order chi connectivity index (χ0) is 21.6. The maximum absolute atomic E-state index is 13.1. The Balaban J connectivity index is 1.66. The van der Waals surface area contributed by atoms with E-state index in [1.807, 2.05) is 30.3 Å². The maximum Gasteiger partial charge on any atom is 0.317 e. The van der Waals surface area contributed by atoms with Crippen molar-refractivity contribution < 1.29 is 23.9 Å². The third kappa shape index (κ3) is 4.74. The molecule has 1 saturated heterocycles. The van der Waals surface area contributed by atoms with Gasteiger partial charge in [0.2, 0.25) is 5.91 Å². The third-order valence-corrected chi connectivity index (χ3v) is 5.40. The Morgan fingerprint density at radius 2 is 1.50 bits per heavy atom. The summed E-state index contributed by atoms with van der Waals surface area (Å²) in [7, 11) is 0. The molecule has 1 aliphatic rings. The summed E-state index contributed by atoms with van der Waals surface area (Å²) in [6.45, 7) is 1.81. The summed E-state index contributed by atoms with van der Waals surface area (Å²) in [6.07, 6.45) is 0.806. The number of carbonyl (C=O) groups excluding carboxylic acids is 4. The number of esters is 1. The van der Waals surface area contributed by atoms with Crippen LogP contribution in [-0.2, 0) is 24.5 Å². The monoisotopic (exact) mass is 408 g/mol. The topological polar surface area (TPSA) is 92.8 Å². The van der Waals surface area contributed by atoms with Crippen LogP contribution in [0.15, 0.2) is 60.7 Å². The van der Waals surface area contributed by atoms with Gasteiger partial charge in [0.25, 0.3) is 11.8 Å². The molecule has 0 atom stereocenters. The van der Waals surface area contributed by atoms with E-state index < -0.39 is 29.8 Å². The van der Waals surface area contributed by atoms with Crippen molar-refractivity contribution in [2.24, 2.45) is 0 Å². The van der Waals surface area contributed by atoms with Crippen LogP contribution in [0.5, 0.6) is 0 Å². The average Bonchev–Trinajstić information content (AvgIpc) is 2.78. The number of imide groups is 1. The molecule has 2 aromatic rings. The van der Waals surface area contributed by atoms with Gasteiger partial charge in [-0.3, -0.25) is 24.5 Å². The lowest BCUT2D eigenvalue weighted by molar-refractivity contribution is -0.157. The predicted octanol–water partition coefficient (Wildman–Crippen LogP) is 2.07. The van der Waals surface area contributed by atoms with E-state index in [1.165, 1.54) is 6.92 Å². The van der Waals surface area contributed by atoms with Crippen LogP contribution in [0.3, 0.4) is 0 Å². The molecule has 7 nitrogen and oxygen atoms in total. The molecular formula is C23H24N2O5. The smallest absolute Gasteiger partial charge is 0.317 e. The molecule has 30 heavy (non-hydrogen) atoms. The van der Waals surface area contributed by atoms with E-state index in [1.54, 1.807) is 35.2 Å². The second kappa shape index (κ2) is 9.35. The van der Waals surface area contributed by atoms with Gasteiger partial charge in [-0.1, -0.05) is 48.5 Å². The van der Waals surface area contributed by atoms with Crippen molar-refractivity contribution >= 4 is 23.7 Å². The molecule has 0 spiro atoms. The molecule has 0 saturated carbocycles. The van der Waals surface area contributed by atoms with Crippen LogP contribution < -0.4 is 5.32 Å². The van der Waals surface area contributed by atoms with Crippen molar-refractivity contribution in [3.63, 3.8) is 0 Å². The molecule has 0 unspecified atom stereocenters. The number of ether oxygens (including phenoxy) is 1. The van der Waals surface area contributed by atoms with Crippen molar-refractivity contribution in [3.05, 3.63) is 71.8 Å². The van der Waals surface area contributed by atoms with E-state index in [0.717, 1.165) is 5.56 Å². The normalized spacial score (nSPS) is 15.2. The van der Waals surface area contributed by atoms with Crippen LogP contribution in [0.4, 0.5) is 0 Å². The highest BCUT2D eigenvalue weighted by Gasteiger charge is 2.44. The van der Waals surface area contributed by atoms with Gasteiger partial charge in [0.05, 0.1) is 5.41 Å². The SMILES string of the molecule is CC(=O)N1CCC(C(=O)OCC(=O)NC(=O)c2ccccc2)(c2ccccc2)CC1. The molecule has 1 heterocycles. The summed E-state index contributed by atoms with van der Waals surface area (Å²) >= 11 is 0. The van der Waals surface area contributed by atoms with Gasteiger partial charge in [-0.2, -0.15) is 0 Å². The number of carbonyl (C=O) groups is 4. The zero-order valence-electron chi connectivity index (χ0n) is 16.8. The van der Waals surface area contributed by atoms with Crippen LogP contribution in [0.1, 0.15) is 35.7 Å². The van der Waals surface area contributed by atoms with Crippen molar-refractivity contribution in [2.45, 2.75) is 25.2 Å². The molecule has 7 heteroatoms. The molecular weight excluding hydrogens is 384 g/mol. The second-order valence-corrected chi connectivity index (χ2v) is 7.27. The van der Waals surface area contributed by atoms with E-state index >= 15 is 0 Å². The summed E-state index contributed by atoms with van der Waals surface area (Å²) in [5.74, 6) is -1.81. The molecule has 0 bridgehead atoms. The summed E-state index contributed by atoms with van der Waals surface area (Å²) in [4.78, 5) is 50.6. The Labute approximate surface area is 175 Å². The van der Waals surface area contributed by atoms with Crippen LogP contribution in [0, 0.1) is 0 Å². The first-order valence-electron chi connectivity index (χ1n) is 9.80. The molecule has 0 radical (unpaired) electrons. The molecule has 0 aliphatic carbocycles. The minimum atomic E-state index is -0.934. The average molecular weight is 408 g/mol. The summed E-state index contributed by atoms with van der Waals surface area (Å²) < 4.78 is 5.33. The fraction of sp³-hybridized carbons (Fsp3) is 0.304. The molecule has 1 aliphatic heterocycles. The Morgan fingerprint density at radius 1 is 0.933 bits per heavy atom. The van der Waals surface area contributed by atoms with Crippen molar-refractivity contribution in [1.82, 2.24) is 10.2 Å². The van der Waals surface area contributed by atoms with Crippen LogP contribution in [0.2, 0.25) is 0 Å². The summed E-state index contributed by atoms with van der Waals surface area (Å²) in [6, 6.07) is 17.6. The number of nitrogens with one attached hydrogen (secondary N) is 1. The van der Waals surface area contributed by atoms with E-state index in [4.69, 9.17) is 4.74 Å². The fourth-order valence-electron chi connectivity index (χ4n) is 3.66. The highest BCUT2D eigenvalue weighted by atomic mass is 16.5.